The van der Waals surface area contributed by atoms with Crippen molar-refractivity contribution in [3.63, 3.8) is 0 Å². The van der Waals surface area contributed by atoms with Crippen molar-refractivity contribution in [2.45, 2.75) is 191 Å². The van der Waals surface area contributed by atoms with E-state index in [2.05, 4.69) is 13.5 Å². The molecule has 3 N–H and O–H groups in total. The van der Waals surface area contributed by atoms with E-state index in [1.165, 1.54) is 32.2 Å². The standard InChI is InChI=1S/C48H65Cl3O14/c1-7-8-9-10-11-12-41(54)64-45-29(18-42(55)59-6)17-37-26-40(28(3)52)63-43(56)22-31(53)21-34-24-36(62-46(57)44-38(50)19-30(49)20-39(44)51)25-35(61-34)23-33-16-27(2)15-32(60-33)13-14-47(4,5)48(45,58)65-37/h13-14,18-20,28,31-37,40,45,52-53,58H,2,7-12,15-17,21-26H2,1,3-6H3/t28-,31-,32+,33+,34-,35+,36+,37+,40-,45+,48-/m1/s1. The van der Waals surface area contributed by atoms with Gasteiger partial charge in [0.15, 0.2) is 6.10 Å². The lowest BCUT2D eigenvalue weighted by molar-refractivity contribution is -0.327. The molecule has 0 saturated carbocycles. The Bertz CT molecular complexity index is 1890. The molecular weight excluding hydrogens is 907 g/mol. The number of benzene rings is 1. The number of aliphatic hydroxyl groups excluding tert-OH is 2. The van der Waals surface area contributed by atoms with E-state index in [-0.39, 0.29) is 64.7 Å². The zero-order valence-corrected chi connectivity index (χ0v) is 40.2. The van der Waals surface area contributed by atoms with Crippen molar-refractivity contribution >= 4 is 58.7 Å². The molecule has 5 rings (SSSR count). The van der Waals surface area contributed by atoms with E-state index in [9.17, 15) is 34.5 Å². The van der Waals surface area contributed by atoms with Crippen LogP contribution >= 0.6 is 34.8 Å². The average Bonchev–Trinajstić information content (AvgIpc) is 3.19. The summed E-state index contributed by atoms with van der Waals surface area (Å²) < 4.78 is 42.4. The first-order valence-corrected chi connectivity index (χ1v) is 23.8. The minimum Gasteiger partial charge on any atom is -0.466 e. The minimum atomic E-state index is -2.32. The summed E-state index contributed by atoms with van der Waals surface area (Å²) in [6.07, 6.45) is 1.23. The summed E-state index contributed by atoms with van der Waals surface area (Å²) in [4.78, 5) is 53.3. The fraction of sp³-hybridized carbons (Fsp3) is 0.667. The number of rotatable bonds is 11. The van der Waals surface area contributed by atoms with E-state index in [1.54, 1.807) is 26.0 Å². The summed E-state index contributed by atoms with van der Waals surface area (Å²) in [5.74, 6) is -5.24. The predicted octanol–water partition coefficient (Wildman–Crippen LogP) is 8.48. The Morgan fingerprint density at radius 3 is 2.25 bits per heavy atom. The summed E-state index contributed by atoms with van der Waals surface area (Å²) in [6, 6.07) is 2.79. The Balaban J connectivity index is 1.49. The van der Waals surface area contributed by atoms with Crippen molar-refractivity contribution in [1.29, 1.82) is 0 Å². The van der Waals surface area contributed by atoms with Crippen LogP contribution in [0.25, 0.3) is 0 Å². The minimum absolute atomic E-state index is 0.0262. The SMILES string of the molecule is C=C1C[C@H]2C[C@H]3C[C@@H](OC(=O)c4c(Cl)cc(Cl)cc4Cl)C[C@@H](C[C@@H](O)CC(=O)O[C@@H]([C@@H](C)O)C[C@@H]4CC(=CC(=O)OC)[C@H](OC(=O)CCCCCCC)[C@@](O)(O4)C(C)(C)C=C[C@@H](C1)O2)O3. The van der Waals surface area contributed by atoms with Gasteiger partial charge in [0.2, 0.25) is 5.79 Å². The number of hydrogen-bond acceptors (Lipinski definition) is 14. The van der Waals surface area contributed by atoms with Gasteiger partial charge in [0.1, 0.15) is 12.2 Å². The van der Waals surface area contributed by atoms with Gasteiger partial charge in [-0.05, 0) is 50.3 Å². The molecule has 11 atom stereocenters. The third kappa shape index (κ3) is 14.7. The maximum atomic E-state index is 13.5. The molecule has 17 heteroatoms. The zero-order valence-electron chi connectivity index (χ0n) is 37.9. The fourth-order valence-electron chi connectivity index (χ4n) is 9.02. The molecule has 0 aromatic heterocycles. The van der Waals surface area contributed by atoms with Gasteiger partial charge >= 0.3 is 23.9 Å². The quantitative estimate of drug-likeness (QED) is 0.0628. The molecule has 4 heterocycles. The zero-order chi connectivity index (χ0) is 47.6. The Morgan fingerprint density at radius 2 is 1.58 bits per heavy atom. The third-order valence-corrected chi connectivity index (χ3v) is 13.3. The molecule has 14 nitrogen and oxygen atoms in total. The first kappa shape index (κ1) is 52.9. The van der Waals surface area contributed by atoms with Crippen LogP contribution in [0.1, 0.15) is 134 Å². The summed E-state index contributed by atoms with van der Waals surface area (Å²) in [7, 11) is 1.20. The molecule has 6 bridgehead atoms. The van der Waals surface area contributed by atoms with Crippen molar-refractivity contribution in [2.24, 2.45) is 5.41 Å². The third-order valence-electron chi connectivity index (χ3n) is 12.5. The molecule has 0 aliphatic carbocycles. The second-order valence-corrected chi connectivity index (χ2v) is 19.7. The van der Waals surface area contributed by atoms with E-state index in [4.69, 9.17) is 68.0 Å². The number of aliphatic hydroxyl groups is 3. The number of methoxy groups -OCH3 is 1. The normalized spacial score (nSPS) is 32.2. The summed E-state index contributed by atoms with van der Waals surface area (Å²) >= 11 is 18.8. The second-order valence-electron chi connectivity index (χ2n) is 18.4. The smallest absolute Gasteiger partial charge is 0.341 e. The maximum absolute atomic E-state index is 13.5. The highest BCUT2D eigenvalue weighted by molar-refractivity contribution is 6.41. The van der Waals surface area contributed by atoms with Crippen molar-refractivity contribution in [3.05, 3.63) is 68.7 Å². The molecule has 65 heavy (non-hydrogen) atoms. The molecule has 0 amide bonds. The molecular formula is C48H65Cl3O14. The van der Waals surface area contributed by atoms with Crippen molar-refractivity contribution in [2.75, 3.05) is 7.11 Å². The molecule has 0 radical (unpaired) electrons. The van der Waals surface area contributed by atoms with Crippen LogP contribution in [0.4, 0.5) is 0 Å². The Labute approximate surface area is 396 Å². The second kappa shape index (κ2) is 23.8. The summed E-state index contributed by atoms with van der Waals surface area (Å²) in [5.41, 5.74) is -0.290. The predicted molar refractivity (Wildman–Crippen MR) is 242 cm³/mol. The van der Waals surface area contributed by atoms with Gasteiger partial charge in [0.25, 0.3) is 0 Å². The van der Waals surface area contributed by atoms with Gasteiger partial charge in [0.05, 0.1) is 71.9 Å². The average molecular weight is 972 g/mol. The van der Waals surface area contributed by atoms with Gasteiger partial charge in [-0.2, -0.15) is 0 Å². The van der Waals surface area contributed by atoms with Crippen LogP contribution in [-0.4, -0.2) is 113 Å². The van der Waals surface area contributed by atoms with Gasteiger partial charge in [-0.15, -0.1) is 0 Å². The maximum Gasteiger partial charge on any atom is 0.341 e. The molecule has 1 aromatic carbocycles. The van der Waals surface area contributed by atoms with E-state index in [0.29, 0.717) is 25.7 Å². The highest BCUT2D eigenvalue weighted by Crippen LogP contribution is 2.47. The summed E-state index contributed by atoms with van der Waals surface area (Å²) in [6.45, 7) is 11.2. The van der Waals surface area contributed by atoms with Crippen molar-refractivity contribution < 1.29 is 67.7 Å². The molecule has 4 aliphatic heterocycles. The number of ether oxygens (including phenoxy) is 7. The molecule has 0 spiro atoms. The van der Waals surface area contributed by atoms with Gasteiger partial charge in [0, 0.05) is 55.0 Å². The van der Waals surface area contributed by atoms with Crippen LogP contribution in [0.2, 0.25) is 15.1 Å². The van der Waals surface area contributed by atoms with Crippen LogP contribution in [-0.2, 0) is 47.5 Å². The van der Waals surface area contributed by atoms with Crippen molar-refractivity contribution in [3.8, 4) is 0 Å². The van der Waals surface area contributed by atoms with Crippen LogP contribution in [0, 0.1) is 5.41 Å². The van der Waals surface area contributed by atoms with Crippen LogP contribution < -0.4 is 0 Å². The number of esters is 4. The number of cyclic esters (lactones) is 1. The molecule has 1 aromatic rings. The number of hydrogen-bond donors (Lipinski definition) is 3. The van der Waals surface area contributed by atoms with E-state index in [0.717, 1.165) is 31.3 Å². The molecule has 362 valence electrons. The van der Waals surface area contributed by atoms with Crippen LogP contribution in [0.5, 0.6) is 0 Å². The number of halogens is 3. The first-order valence-electron chi connectivity index (χ1n) is 22.7. The van der Waals surface area contributed by atoms with Gasteiger partial charge in [-0.3, -0.25) is 9.59 Å². The Kier molecular flexibility index (Phi) is 19.4. The molecule has 0 unspecified atom stereocenters. The van der Waals surface area contributed by atoms with Crippen LogP contribution in [0.3, 0.4) is 0 Å². The van der Waals surface area contributed by atoms with Gasteiger partial charge < -0.3 is 48.5 Å². The van der Waals surface area contributed by atoms with Crippen LogP contribution in [0.15, 0.2) is 48.1 Å². The van der Waals surface area contributed by atoms with E-state index in [1.807, 2.05) is 0 Å². The molecule has 3 fully saturated rings. The first-order chi connectivity index (χ1) is 30.7. The highest BCUT2D eigenvalue weighted by Gasteiger charge is 2.58. The highest BCUT2D eigenvalue weighted by atomic mass is 35.5. The lowest BCUT2D eigenvalue weighted by atomic mass is 9.74. The number of carbonyl (C=O) groups excluding carboxylic acids is 4. The number of fused-ring (bicyclic) bond motifs is 6. The van der Waals surface area contributed by atoms with Gasteiger partial charge in [-0.25, -0.2) is 9.59 Å². The van der Waals surface area contributed by atoms with Crippen molar-refractivity contribution in [1.82, 2.24) is 0 Å². The lowest BCUT2D eigenvalue weighted by Gasteiger charge is -2.51. The van der Waals surface area contributed by atoms with E-state index < -0.39 is 103 Å². The summed E-state index contributed by atoms with van der Waals surface area (Å²) in [5, 5.41) is 35.4. The Hall–Kier alpha value is -3.05. The largest absolute Gasteiger partial charge is 0.466 e. The molecule has 3 saturated heterocycles. The Morgan fingerprint density at radius 1 is 0.908 bits per heavy atom. The molecule has 4 aliphatic rings. The monoisotopic (exact) mass is 970 g/mol. The van der Waals surface area contributed by atoms with E-state index >= 15 is 0 Å². The number of carbonyl (C=O) groups is 4. The lowest BCUT2D eigenvalue weighted by Crippen LogP contribution is -2.62. The number of unbranched alkanes of at least 4 members (excludes halogenated alkanes) is 4. The topological polar surface area (TPSA) is 194 Å². The van der Waals surface area contributed by atoms with Gasteiger partial charge in [-0.1, -0.05) is 106 Å². The fourth-order valence-corrected chi connectivity index (χ4v) is 9.99.